The van der Waals surface area contributed by atoms with Crippen molar-refractivity contribution in [2.24, 2.45) is 0 Å². The number of aromatic nitrogens is 2. The number of ether oxygens (including phenoxy) is 1. The fraction of sp³-hybridized carbons (Fsp3) is 0.320. The number of rotatable bonds is 7. The van der Waals surface area contributed by atoms with Crippen LogP contribution >= 0.6 is 51.3 Å². The van der Waals surface area contributed by atoms with Crippen LogP contribution in [0.2, 0.25) is 5.02 Å². The van der Waals surface area contributed by atoms with Gasteiger partial charge in [-0.15, -0.1) is 12.4 Å². The molecule has 3 heterocycles. The van der Waals surface area contributed by atoms with Gasteiger partial charge in [0.05, 0.1) is 28.5 Å². The number of aryl methyl sites for hydroxylation is 1. The number of anilines is 1. The van der Waals surface area contributed by atoms with Crippen molar-refractivity contribution in [1.29, 1.82) is 0 Å². The molecular formula is C25H25BrCl2N4O3S. The average molecular weight is 612 g/mol. The predicted molar refractivity (Wildman–Crippen MR) is 150 cm³/mol. The van der Waals surface area contributed by atoms with E-state index in [0.29, 0.717) is 39.3 Å². The van der Waals surface area contributed by atoms with Crippen molar-refractivity contribution in [2.75, 3.05) is 44.3 Å². The number of halogens is 3. The van der Waals surface area contributed by atoms with Crippen LogP contribution < -0.4 is 4.90 Å². The largest absolute Gasteiger partial charge is 0.379 e. The number of benzene rings is 2. The van der Waals surface area contributed by atoms with Gasteiger partial charge in [0.25, 0.3) is 5.91 Å². The molecule has 2 aromatic carbocycles. The summed E-state index contributed by atoms with van der Waals surface area (Å²) in [5, 5.41) is 5.36. The summed E-state index contributed by atoms with van der Waals surface area (Å²) in [6.45, 7) is 6.46. The number of carbonyl (C=O) groups excluding carboxylic acids is 1. The SMILES string of the molecule is Cc1onc(-c2ccccc2Cl)c1C(=O)N(CCCN1CCOCC1)c1nc2ccc(Br)cc2s1.Cl. The predicted octanol–water partition coefficient (Wildman–Crippen LogP) is 6.47. The van der Waals surface area contributed by atoms with Gasteiger partial charge >= 0.3 is 0 Å². The zero-order valence-corrected chi connectivity index (χ0v) is 23.6. The number of hydrogen-bond donors (Lipinski definition) is 0. The first-order chi connectivity index (χ1) is 17.0. The molecule has 1 saturated heterocycles. The molecule has 1 fully saturated rings. The van der Waals surface area contributed by atoms with Crippen molar-refractivity contribution in [3.63, 3.8) is 0 Å². The molecule has 190 valence electrons. The zero-order valence-electron chi connectivity index (χ0n) is 19.6. The normalized spacial score (nSPS) is 14.1. The standard InChI is InChI=1S/C25H24BrClN4O3S.ClH/c1-16-22(23(29-34-16)18-5-2-3-6-19(18)27)24(32)31(10-4-9-30-11-13-33-14-12-30)25-28-20-8-7-17(26)15-21(20)35-25;/h2-3,5-8,15H,4,9-14H2,1H3;1H. The molecule has 0 atom stereocenters. The van der Waals surface area contributed by atoms with Gasteiger partial charge in [0.15, 0.2) is 5.13 Å². The van der Waals surface area contributed by atoms with E-state index >= 15 is 0 Å². The first kappa shape index (κ1) is 27.0. The Morgan fingerprint density at radius 3 is 2.78 bits per heavy atom. The van der Waals surface area contributed by atoms with Gasteiger partial charge in [0, 0.05) is 36.2 Å². The summed E-state index contributed by atoms with van der Waals surface area (Å²) >= 11 is 11.5. The van der Waals surface area contributed by atoms with E-state index in [0.717, 1.165) is 54.0 Å². The summed E-state index contributed by atoms with van der Waals surface area (Å²) in [7, 11) is 0. The van der Waals surface area contributed by atoms with E-state index in [9.17, 15) is 4.79 Å². The number of carbonyl (C=O) groups is 1. The number of thiazole rings is 1. The Morgan fingerprint density at radius 1 is 1.22 bits per heavy atom. The van der Waals surface area contributed by atoms with Crippen LogP contribution in [0.15, 0.2) is 51.5 Å². The van der Waals surface area contributed by atoms with Crippen LogP contribution in [-0.2, 0) is 4.74 Å². The van der Waals surface area contributed by atoms with Crippen LogP contribution in [-0.4, -0.2) is 60.3 Å². The Hall–Kier alpha value is -2.01. The molecule has 1 aliphatic rings. The maximum absolute atomic E-state index is 14.1. The first-order valence-electron chi connectivity index (χ1n) is 11.4. The number of fused-ring (bicyclic) bond motifs is 1. The monoisotopic (exact) mass is 610 g/mol. The molecule has 0 saturated carbocycles. The van der Waals surface area contributed by atoms with Gasteiger partial charge in [0.1, 0.15) is 17.0 Å². The van der Waals surface area contributed by atoms with Gasteiger partial charge < -0.3 is 9.26 Å². The molecule has 2 aromatic heterocycles. The lowest BCUT2D eigenvalue weighted by Crippen LogP contribution is -2.39. The van der Waals surface area contributed by atoms with E-state index in [-0.39, 0.29) is 18.3 Å². The molecule has 5 rings (SSSR count). The third-order valence-corrected chi connectivity index (χ3v) is 7.84. The molecule has 0 bridgehead atoms. The lowest BCUT2D eigenvalue weighted by molar-refractivity contribution is 0.0376. The Kier molecular flexibility index (Phi) is 9.03. The molecule has 7 nitrogen and oxygen atoms in total. The van der Waals surface area contributed by atoms with E-state index in [1.54, 1.807) is 17.9 Å². The van der Waals surface area contributed by atoms with Gasteiger partial charge in [-0.25, -0.2) is 4.98 Å². The highest BCUT2D eigenvalue weighted by molar-refractivity contribution is 9.10. The molecule has 1 amide bonds. The summed E-state index contributed by atoms with van der Waals surface area (Å²) in [5.74, 6) is 0.255. The van der Waals surface area contributed by atoms with Crippen LogP contribution in [0.25, 0.3) is 21.5 Å². The lowest BCUT2D eigenvalue weighted by Gasteiger charge is -2.27. The van der Waals surface area contributed by atoms with Crippen molar-refractivity contribution in [3.05, 3.63) is 63.3 Å². The summed E-state index contributed by atoms with van der Waals surface area (Å²) in [4.78, 5) is 23.0. The topological polar surface area (TPSA) is 71.7 Å². The summed E-state index contributed by atoms with van der Waals surface area (Å²) in [6.07, 6.45) is 0.803. The highest BCUT2D eigenvalue weighted by Gasteiger charge is 2.29. The minimum atomic E-state index is -0.196. The van der Waals surface area contributed by atoms with Crippen molar-refractivity contribution in [1.82, 2.24) is 15.0 Å². The molecule has 0 radical (unpaired) electrons. The fourth-order valence-electron chi connectivity index (χ4n) is 4.16. The van der Waals surface area contributed by atoms with E-state index in [1.165, 1.54) is 11.3 Å². The molecule has 0 unspecified atom stereocenters. The van der Waals surface area contributed by atoms with Gasteiger partial charge in [-0.1, -0.05) is 62.2 Å². The van der Waals surface area contributed by atoms with E-state index in [2.05, 4.69) is 26.0 Å². The zero-order chi connectivity index (χ0) is 24.4. The number of nitrogens with zero attached hydrogens (tertiary/aromatic N) is 4. The molecule has 36 heavy (non-hydrogen) atoms. The van der Waals surface area contributed by atoms with Crippen LogP contribution in [0.1, 0.15) is 22.5 Å². The van der Waals surface area contributed by atoms with Crippen molar-refractivity contribution in [3.8, 4) is 11.3 Å². The second-order valence-electron chi connectivity index (χ2n) is 8.32. The molecule has 0 aliphatic carbocycles. The third-order valence-electron chi connectivity index (χ3n) is 5.98. The van der Waals surface area contributed by atoms with E-state index < -0.39 is 0 Å². The minimum absolute atomic E-state index is 0. The maximum atomic E-state index is 14.1. The van der Waals surface area contributed by atoms with Crippen molar-refractivity contribution >= 4 is 72.5 Å². The van der Waals surface area contributed by atoms with Crippen LogP contribution in [0.5, 0.6) is 0 Å². The second kappa shape index (κ2) is 12.0. The van der Waals surface area contributed by atoms with Crippen LogP contribution in [0, 0.1) is 6.92 Å². The molecule has 1 aliphatic heterocycles. The molecular weight excluding hydrogens is 587 g/mol. The number of morpholine rings is 1. The Bertz CT molecular complexity index is 1360. The van der Waals surface area contributed by atoms with E-state index in [1.807, 2.05) is 36.4 Å². The van der Waals surface area contributed by atoms with Gasteiger partial charge in [0.2, 0.25) is 0 Å². The molecule has 11 heteroatoms. The lowest BCUT2D eigenvalue weighted by atomic mass is 10.1. The average Bonchev–Trinajstić information content (AvgIpc) is 3.45. The van der Waals surface area contributed by atoms with Crippen molar-refractivity contribution in [2.45, 2.75) is 13.3 Å². The molecule has 0 spiro atoms. The first-order valence-corrected chi connectivity index (χ1v) is 13.4. The van der Waals surface area contributed by atoms with E-state index in [4.69, 9.17) is 25.8 Å². The quantitative estimate of drug-likeness (QED) is 0.239. The maximum Gasteiger partial charge on any atom is 0.265 e. The summed E-state index contributed by atoms with van der Waals surface area (Å²) in [6, 6.07) is 13.3. The third kappa shape index (κ3) is 5.77. The minimum Gasteiger partial charge on any atom is -0.379 e. The van der Waals surface area contributed by atoms with Crippen molar-refractivity contribution < 1.29 is 14.1 Å². The highest BCUT2D eigenvalue weighted by Crippen LogP contribution is 2.35. The Morgan fingerprint density at radius 2 is 2.00 bits per heavy atom. The Labute approximate surface area is 232 Å². The smallest absolute Gasteiger partial charge is 0.265 e. The second-order valence-corrected chi connectivity index (χ2v) is 10.6. The summed E-state index contributed by atoms with van der Waals surface area (Å²) < 4.78 is 12.9. The van der Waals surface area contributed by atoms with Gasteiger partial charge in [-0.2, -0.15) is 0 Å². The summed E-state index contributed by atoms with van der Waals surface area (Å²) in [5.41, 5.74) is 2.37. The van der Waals surface area contributed by atoms with Gasteiger partial charge in [-0.3, -0.25) is 14.6 Å². The fourth-order valence-corrected chi connectivity index (χ4v) is 5.93. The molecule has 4 aromatic rings. The number of amides is 1. The van der Waals surface area contributed by atoms with Crippen LogP contribution in [0.4, 0.5) is 5.13 Å². The molecule has 0 N–H and O–H groups in total. The van der Waals surface area contributed by atoms with Gasteiger partial charge in [-0.05, 0) is 37.6 Å². The highest BCUT2D eigenvalue weighted by atomic mass is 79.9. The number of hydrogen-bond acceptors (Lipinski definition) is 7. The Balaban J connectivity index is 0.00000304. The van der Waals surface area contributed by atoms with Crippen LogP contribution in [0.3, 0.4) is 0 Å².